The molecule has 2 aromatic rings. The molecule has 0 saturated heterocycles. The summed E-state index contributed by atoms with van der Waals surface area (Å²) in [6.45, 7) is -0.163. The molecule has 106 valence electrons. The lowest BCUT2D eigenvalue weighted by molar-refractivity contribution is 0.0474. The minimum absolute atomic E-state index is 0.149. The van der Waals surface area contributed by atoms with Gasteiger partial charge in [0.15, 0.2) is 23.9 Å². The predicted octanol–water partition coefficient (Wildman–Crippen LogP) is 2.46. The molecule has 1 aliphatic rings. The Morgan fingerprint density at radius 2 is 1.71 bits per heavy atom. The zero-order chi connectivity index (χ0) is 14.7. The van der Waals surface area contributed by atoms with Crippen LogP contribution in [0.2, 0.25) is 0 Å². The fourth-order valence-electron chi connectivity index (χ4n) is 1.94. The van der Waals surface area contributed by atoms with Gasteiger partial charge in [-0.2, -0.15) is 0 Å². The van der Waals surface area contributed by atoms with Crippen molar-refractivity contribution in [2.75, 3.05) is 13.4 Å². The lowest BCUT2D eigenvalue weighted by Crippen LogP contribution is -2.14. The molecule has 0 amide bonds. The van der Waals surface area contributed by atoms with Crippen LogP contribution in [0.3, 0.4) is 0 Å². The summed E-state index contributed by atoms with van der Waals surface area (Å²) in [6, 6.07) is 13.4. The van der Waals surface area contributed by atoms with Gasteiger partial charge in [-0.25, -0.2) is 4.79 Å². The van der Waals surface area contributed by atoms with Crippen molar-refractivity contribution in [1.29, 1.82) is 0 Å². The van der Waals surface area contributed by atoms with Crippen molar-refractivity contribution in [2.45, 2.75) is 0 Å². The molecule has 0 saturated carbocycles. The molecule has 1 aliphatic heterocycles. The third kappa shape index (κ3) is 2.86. The van der Waals surface area contributed by atoms with Crippen LogP contribution in [0.4, 0.5) is 0 Å². The molecule has 3 rings (SSSR count). The van der Waals surface area contributed by atoms with Gasteiger partial charge in [0.25, 0.3) is 0 Å². The highest BCUT2D eigenvalue weighted by Gasteiger charge is 2.17. The minimum Gasteiger partial charge on any atom is -0.454 e. The summed E-state index contributed by atoms with van der Waals surface area (Å²) in [4.78, 5) is 23.8. The fraction of sp³-hybridized carbons (Fsp3) is 0.125. The topological polar surface area (TPSA) is 61.8 Å². The molecule has 1 heterocycles. The first-order valence-electron chi connectivity index (χ1n) is 6.39. The Kier molecular flexibility index (Phi) is 3.55. The van der Waals surface area contributed by atoms with Gasteiger partial charge in [0.1, 0.15) is 0 Å². The van der Waals surface area contributed by atoms with Crippen LogP contribution in [0.25, 0.3) is 0 Å². The number of hydrogen-bond acceptors (Lipinski definition) is 5. The van der Waals surface area contributed by atoms with Crippen LogP contribution in [0.5, 0.6) is 11.5 Å². The first kappa shape index (κ1) is 13.2. The average Bonchev–Trinajstić information content (AvgIpc) is 3.00. The molecule has 0 atom stereocenters. The van der Waals surface area contributed by atoms with E-state index >= 15 is 0 Å². The molecular formula is C16H12O5. The highest BCUT2D eigenvalue weighted by Crippen LogP contribution is 2.32. The van der Waals surface area contributed by atoms with Crippen molar-refractivity contribution in [3.63, 3.8) is 0 Å². The van der Waals surface area contributed by atoms with Crippen LogP contribution in [0.15, 0.2) is 48.5 Å². The fourth-order valence-corrected chi connectivity index (χ4v) is 1.94. The van der Waals surface area contributed by atoms with Crippen molar-refractivity contribution < 1.29 is 23.8 Å². The van der Waals surface area contributed by atoms with Gasteiger partial charge in [0, 0.05) is 5.56 Å². The summed E-state index contributed by atoms with van der Waals surface area (Å²) in [6.07, 6.45) is 0. The van der Waals surface area contributed by atoms with Gasteiger partial charge in [-0.3, -0.25) is 4.79 Å². The van der Waals surface area contributed by atoms with Crippen molar-refractivity contribution in [1.82, 2.24) is 0 Å². The Morgan fingerprint density at radius 1 is 0.952 bits per heavy atom. The summed E-state index contributed by atoms with van der Waals surface area (Å²) >= 11 is 0. The summed E-state index contributed by atoms with van der Waals surface area (Å²) < 4.78 is 15.4. The number of esters is 1. The zero-order valence-corrected chi connectivity index (χ0v) is 11.1. The maximum absolute atomic E-state index is 12.0. The highest BCUT2D eigenvalue weighted by molar-refractivity contribution is 5.99. The van der Waals surface area contributed by atoms with E-state index in [1.54, 1.807) is 48.5 Å². The van der Waals surface area contributed by atoms with Gasteiger partial charge < -0.3 is 14.2 Å². The van der Waals surface area contributed by atoms with Crippen molar-refractivity contribution >= 4 is 11.8 Å². The van der Waals surface area contributed by atoms with E-state index in [4.69, 9.17) is 14.2 Å². The van der Waals surface area contributed by atoms with Crippen molar-refractivity contribution in [2.24, 2.45) is 0 Å². The molecule has 0 unspecified atom stereocenters. The smallest absolute Gasteiger partial charge is 0.338 e. The van der Waals surface area contributed by atoms with Crippen LogP contribution in [0.1, 0.15) is 20.7 Å². The molecule has 0 fully saturated rings. The molecule has 5 heteroatoms. The van der Waals surface area contributed by atoms with Crippen LogP contribution in [-0.2, 0) is 4.74 Å². The number of fused-ring (bicyclic) bond motifs is 1. The Labute approximate surface area is 121 Å². The summed E-state index contributed by atoms with van der Waals surface area (Å²) in [5, 5.41) is 0. The molecular weight excluding hydrogens is 272 g/mol. The van der Waals surface area contributed by atoms with E-state index in [2.05, 4.69) is 0 Å². The largest absolute Gasteiger partial charge is 0.454 e. The number of rotatable bonds is 4. The van der Waals surface area contributed by atoms with Gasteiger partial charge in [-0.05, 0) is 30.3 Å². The minimum atomic E-state index is -0.523. The summed E-state index contributed by atoms with van der Waals surface area (Å²) in [5.74, 6) is 0.311. The molecule has 0 bridgehead atoms. The molecule has 5 nitrogen and oxygen atoms in total. The van der Waals surface area contributed by atoms with E-state index in [9.17, 15) is 9.59 Å². The molecule has 0 spiro atoms. The molecule has 0 aromatic heterocycles. The second-order valence-corrected chi connectivity index (χ2v) is 4.43. The molecule has 0 radical (unpaired) electrons. The van der Waals surface area contributed by atoms with Crippen molar-refractivity contribution in [3.8, 4) is 11.5 Å². The Bertz CT molecular complexity index is 678. The number of ether oxygens (including phenoxy) is 3. The van der Waals surface area contributed by atoms with Gasteiger partial charge in [0.05, 0.1) is 5.56 Å². The second kappa shape index (κ2) is 5.66. The Morgan fingerprint density at radius 3 is 2.52 bits per heavy atom. The maximum Gasteiger partial charge on any atom is 0.338 e. The van der Waals surface area contributed by atoms with E-state index in [0.29, 0.717) is 22.6 Å². The maximum atomic E-state index is 12.0. The number of benzene rings is 2. The first-order valence-corrected chi connectivity index (χ1v) is 6.39. The lowest BCUT2D eigenvalue weighted by Gasteiger charge is -2.05. The monoisotopic (exact) mass is 284 g/mol. The average molecular weight is 284 g/mol. The van der Waals surface area contributed by atoms with Crippen LogP contribution < -0.4 is 9.47 Å². The van der Waals surface area contributed by atoms with E-state index in [1.807, 2.05) is 0 Å². The number of Topliss-reactive ketones (excluding diaryl/α,β-unsaturated/α-hetero) is 1. The van der Waals surface area contributed by atoms with Gasteiger partial charge >= 0.3 is 5.97 Å². The number of ketones is 1. The molecule has 0 N–H and O–H groups in total. The van der Waals surface area contributed by atoms with Gasteiger partial charge in [-0.1, -0.05) is 18.2 Å². The Hall–Kier alpha value is -2.82. The second-order valence-electron chi connectivity index (χ2n) is 4.43. The first-order chi connectivity index (χ1) is 10.2. The zero-order valence-electron chi connectivity index (χ0n) is 11.1. The van der Waals surface area contributed by atoms with Crippen LogP contribution >= 0.6 is 0 Å². The summed E-state index contributed by atoms with van der Waals surface area (Å²) in [7, 11) is 0. The SMILES string of the molecule is O=C(COC(=O)c1ccccc1)c1ccc2c(c1)OCO2. The van der Waals surface area contributed by atoms with E-state index < -0.39 is 5.97 Å². The van der Waals surface area contributed by atoms with E-state index in [-0.39, 0.29) is 19.2 Å². The van der Waals surface area contributed by atoms with Gasteiger partial charge in [0.2, 0.25) is 6.79 Å². The van der Waals surface area contributed by atoms with Crippen LogP contribution in [0, 0.1) is 0 Å². The lowest BCUT2D eigenvalue weighted by atomic mass is 10.1. The summed E-state index contributed by atoms with van der Waals surface area (Å²) in [5.41, 5.74) is 0.830. The highest BCUT2D eigenvalue weighted by atomic mass is 16.7. The number of carbonyl (C=O) groups is 2. The normalized spacial score (nSPS) is 12.0. The third-order valence-electron chi connectivity index (χ3n) is 3.04. The van der Waals surface area contributed by atoms with Crippen LogP contribution in [-0.4, -0.2) is 25.2 Å². The standard InChI is InChI=1S/C16H12O5/c17-13(9-19-16(18)11-4-2-1-3-5-11)12-6-7-14-15(8-12)21-10-20-14/h1-8H,9-10H2. The van der Waals surface area contributed by atoms with Gasteiger partial charge in [-0.15, -0.1) is 0 Å². The molecule has 2 aromatic carbocycles. The number of carbonyl (C=O) groups excluding carboxylic acids is 2. The predicted molar refractivity (Wildman–Crippen MR) is 73.6 cm³/mol. The quantitative estimate of drug-likeness (QED) is 0.637. The number of hydrogen-bond donors (Lipinski definition) is 0. The van der Waals surface area contributed by atoms with E-state index in [1.165, 1.54) is 0 Å². The van der Waals surface area contributed by atoms with E-state index in [0.717, 1.165) is 0 Å². The van der Waals surface area contributed by atoms with Crippen molar-refractivity contribution in [3.05, 3.63) is 59.7 Å². The molecule has 21 heavy (non-hydrogen) atoms. The molecule has 0 aliphatic carbocycles. The third-order valence-corrected chi connectivity index (χ3v) is 3.04. The Balaban J connectivity index is 1.63.